The summed E-state index contributed by atoms with van der Waals surface area (Å²) in [5, 5.41) is 3.16. The molecule has 1 aromatic rings. The summed E-state index contributed by atoms with van der Waals surface area (Å²) in [6.45, 7) is 2.02. The van der Waals surface area contributed by atoms with E-state index < -0.39 is 5.97 Å². The van der Waals surface area contributed by atoms with Crippen LogP contribution in [0.15, 0.2) is 18.3 Å². The van der Waals surface area contributed by atoms with E-state index in [0.717, 1.165) is 6.42 Å². The largest absolute Gasteiger partial charge is 0.465 e. The average Bonchev–Trinajstić information content (AvgIpc) is 2.38. The first-order valence-corrected chi connectivity index (χ1v) is 5.46. The van der Waals surface area contributed by atoms with Crippen molar-refractivity contribution in [2.24, 2.45) is 0 Å². The second kappa shape index (κ2) is 6.54. The van der Waals surface area contributed by atoms with E-state index in [1.165, 1.54) is 7.11 Å². The van der Waals surface area contributed by atoms with Crippen molar-refractivity contribution in [1.82, 2.24) is 4.98 Å². The topological polar surface area (TPSA) is 51.2 Å². The minimum atomic E-state index is -0.406. The fraction of sp³-hybridized carbons (Fsp3) is 0.385. The van der Waals surface area contributed by atoms with Gasteiger partial charge in [0.2, 0.25) is 0 Å². The fourth-order valence-corrected chi connectivity index (χ4v) is 1.43. The third-order valence-corrected chi connectivity index (χ3v) is 2.41. The van der Waals surface area contributed by atoms with Crippen LogP contribution < -0.4 is 5.32 Å². The zero-order valence-electron chi connectivity index (χ0n) is 10.1. The Morgan fingerprint density at radius 3 is 3.06 bits per heavy atom. The molecular weight excluding hydrogens is 216 g/mol. The number of carbonyl (C=O) groups excluding carboxylic acids is 1. The Hall–Kier alpha value is -2.02. The quantitative estimate of drug-likeness (QED) is 0.624. The minimum absolute atomic E-state index is 0.110. The number of hydrogen-bond donors (Lipinski definition) is 1. The van der Waals surface area contributed by atoms with Crippen molar-refractivity contribution in [3.8, 4) is 12.3 Å². The zero-order chi connectivity index (χ0) is 12.7. The molecule has 4 nitrogen and oxygen atoms in total. The molecule has 0 aliphatic rings. The molecule has 0 fully saturated rings. The number of carbonyl (C=O) groups is 1. The van der Waals surface area contributed by atoms with Crippen LogP contribution in [0.25, 0.3) is 0 Å². The van der Waals surface area contributed by atoms with Gasteiger partial charge in [-0.05, 0) is 18.6 Å². The molecule has 1 unspecified atom stereocenters. The number of ether oxygens (including phenoxy) is 1. The standard InChI is InChI=1S/C13H16N2O2/c1-4-7-10(5-2)15-12-11(13(16)17-3)8-6-9-14-12/h1,6,8-10H,5,7H2,2-3H3,(H,14,15). The molecule has 0 aromatic carbocycles. The lowest BCUT2D eigenvalue weighted by molar-refractivity contribution is 0.0601. The SMILES string of the molecule is C#CCC(CC)Nc1ncccc1C(=O)OC. The summed E-state index contributed by atoms with van der Waals surface area (Å²) in [5.41, 5.74) is 0.422. The number of anilines is 1. The van der Waals surface area contributed by atoms with E-state index in [4.69, 9.17) is 11.2 Å². The molecule has 17 heavy (non-hydrogen) atoms. The lowest BCUT2D eigenvalue weighted by Gasteiger charge is -2.16. The van der Waals surface area contributed by atoms with E-state index in [1.807, 2.05) is 6.92 Å². The smallest absolute Gasteiger partial charge is 0.341 e. The maximum absolute atomic E-state index is 11.5. The third-order valence-electron chi connectivity index (χ3n) is 2.41. The van der Waals surface area contributed by atoms with Gasteiger partial charge in [-0.1, -0.05) is 6.92 Å². The number of terminal acetylenes is 1. The van der Waals surface area contributed by atoms with Crippen LogP contribution in [0.3, 0.4) is 0 Å². The van der Waals surface area contributed by atoms with Gasteiger partial charge in [-0.3, -0.25) is 0 Å². The van der Waals surface area contributed by atoms with Crippen molar-refractivity contribution in [1.29, 1.82) is 0 Å². The van der Waals surface area contributed by atoms with Crippen molar-refractivity contribution >= 4 is 11.8 Å². The molecule has 0 saturated carbocycles. The van der Waals surface area contributed by atoms with Crippen molar-refractivity contribution in [2.75, 3.05) is 12.4 Å². The van der Waals surface area contributed by atoms with E-state index in [9.17, 15) is 4.79 Å². The van der Waals surface area contributed by atoms with Gasteiger partial charge in [0.1, 0.15) is 11.4 Å². The molecule has 0 spiro atoms. The minimum Gasteiger partial charge on any atom is -0.465 e. The molecule has 4 heteroatoms. The zero-order valence-corrected chi connectivity index (χ0v) is 10.1. The summed E-state index contributed by atoms with van der Waals surface area (Å²) >= 11 is 0. The number of nitrogens with one attached hydrogen (secondary N) is 1. The number of aromatic nitrogens is 1. The first-order valence-electron chi connectivity index (χ1n) is 5.46. The number of nitrogens with zero attached hydrogens (tertiary/aromatic N) is 1. The van der Waals surface area contributed by atoms with Crippen LogP contribution in [-0.4, -0.2) is 24.1 Å². The Bertz CT molecular complexity index is 424. The first kappa shape index (κ1) is 13.0. The predicted octanol–water partition coefficient (Wildman–Crippen LogP) is 2.08. The van der Waals surface area contributed by atoms with Crippen molar-refractivity contribution in [3.63, 3.8) is 0 Å². The van der Waals surface area contributed by atoms with E-state index in [-0.39, 0.29) is 6.04 Å². The van der Waals surface area contributed by atoms with E-state index in [1.54, 1.807) is 18.3 Å². The van der Waals surface area contributed by atoms with Gasteiger partial charge in [0.15, 0.2) is 0 Å². The maximum Gasteiger partial charge on any atom is 0.341 e. The van der Waals surface area contributed by atoms with E-state index >= 15 is 0 Å². The molecule has 1 heterocycles. The van der Waals surface area contributed by atoms with Crippen LogP contribution in [0.4, 0.5) is 5.82 Å². The van der Waals surface area contributed by atoms with Crippen molar-refractivity contribution < 1.29 is 9.53 Å². The van der Waals surface area contributed by atoms with Gasteiger partial charge in [0.05, 0.1) is 7.11 Å². The number of esters is 1. The first-order chi connectivity index (χ1) is 8.22. The van der Waals surface area contributed by atoms with Crippen LogP contribution in [-0.2, 0) is 4.74 Å². The van der Waals surface area contributed by atoms with E-state index in [0.29, 0.717) is 17.8 Å². The highest BCUT2D eigenvalue weighted by atomic mass is 16.5. The van der Waals surface area contributed by atoms with Gasteiger partial charge in [-0.2, -0.15) is 0 Å². The van der Waals surface area contributed by atoms with Gasteiger partial charge in [-0.25, -0.2) is 9.78 Å². The van der Waals surface area contributed by atoms with Gasteiger partial charge >= 0.3 is 5.97 Å². The van der Waals surface area contributed by atoms with Crippen molar-refractivity contribution in [3.05, 3.63) is 23.9 Å². The van der Waals surface area contributed by atoms with Crippen LogP contribution in [0, 0.1) is 12.3 Å². The molecule has 0 saturated heterocycles. The second-order valence-electron chi connectivity index (χ2n) is 3.55. The highest BCUT2D eigenvalue weighted by Gasteiger charge is 2.14. The lowest BCUT2D eigenvalue weighted by Crippen LogP contribution is -2.20. The molecule has 1 rings (SSSR count). The normalized spacial score (nSPS) is 11.4. The predicted molar refractivity (Wildman–Crippen MR) is 66.7 cm³/mol. The molecule has 1 aromatic heterocycles. The molecule has 0 radical (unpaired) electrons. The second-order valence-corrected chi connectivity index (χ2v) is 3.55. The van der Waals surface area contributed by atoms with Gasteiger partial charge in [0, 0.05) is 18.7 Å². The highest BCUT2D eigenvalue weighted by molar-refractivity contribution is 5.94. The maximum atomic E-state index is 11.5. The van der Waals surface area contributed by atoms with Crippen LogP contribution >= 0.6 is 0 Å². The van der Waals surface area contributed by atoms with Crippen LogP contribution in [0.1, 0.15) is 30.1 Å². The summed E-state index contributed by atoms with van der Waals surface area (Å²) in [4.78, 5) is 15.7. The summed E-state index contributed by atoms with van der Waals surface area (Å²) in [6, 6.07) is 3.47. The number of rotatable bonds is 5. The molecule has 0 amide bonds. The third kappa shape index (κ3) is 3.49. The molecule has 0 aliphatic heterocycles. The van der Waals surface area contributed by atoms with Gasteiger partial charge in [0.25, 0.3) is 0 Å². The Morgan fingerprint density at radius 2 is 2.47 bits per heavy atom. The summed E-state index contributed by atoms with van der Waals surface area (Å²) in [6.07, 6.45) is 8.36. The average molecular weight is 232 g/mol. The molecule has 1 atom stereocenters. The highest BCUT2D eigenvalue weighted by Crippen LogP contribution is 2.15. The summed E-state index contributed by atoms with van der Waals surface area (Å²) in [7, 11) is 1.35. The molecular formula is C13H16N2O2. The summed E-state index contributed by atoms with van der Waals surface area (Å²) in [5.74, 6) is 2.70. The molecule has 0 bridgehead atoms. The lowest BCUT2D eigenvalue weighted by atomic mass is 10.1. The number of hydrogen-bond acceptors (Lipinski definition) is 4. The monoisotopic (exact) mass is 232 g/mol. The van der Waals surface area contributed by atoms with Crippen LogP contribution in [0.2, 0.25) is 0 Å². The number of pyridine rings is 1. The van der Waals surface area contributed by atoms with E-state index in [2.05, 4.69) is 16.2 Å². The van der Waals surface area contributed by atoms with Crippen LogP contribution in [0.5, 0.6) is 0 Å². The Kier molecular flexibility index (Phi) is 5.02. The van der Waals surface area contributed by atoms with Gasteiger partial charge in [-0.15, -0.1) is 12.3 Å². The Labute approximate surface area is 101 Å². The number of methoxy groups -OCH3 is 1. The summed E-state index contributed by atoms with van der Waals surface area (Å²) < 4.78 is 4.69. The fourth-order valence-electron chi connectivity index (χ4n) is 1.43. The molecule has 90 valence electrons. The molecule has 0 aliphatic carbocycles. The van der Waals surface area contributed by atoms with Crippen molar-refractivity contribution in [2.45, 2.75) is 25.8 Å². The molecule has 1 N–H and O–H groups in total. The van der Waals surface area contributed by atoms with Gasteiger partial charge < -0.3 is 10.1 Å². The Balaban J connectivity index is 2.90. The Morgan fingerprint density at radius 1 is 1.71 bits per heavy atom.